The molecule has 0 aliphatic carbocycles. The van der Waals surface area contributed by atoms with Gasteiger partial charge in [0.1, 0.15) is 0 Å². The van der Waals surface area contributed by atoms with Gasteiger partial charge in [-0.15, -0.1) is 0 Å². The molecular weight excluding hydrogens is 441 g/mol. The summed E-state index contributed by atoms with van der Waals surface area (Å²) in [7, 11) is -3.88. The number of thioether (sulfide) groups is 1. The van der Waals surface area contributed by atoms with Crippen molar-refractivity contribution in [1.29, 1.82) is 0 Å². The van der Waals surface area contributed by atoms with E-state index >= 15 is 0 Å². The Morgan fingerprint density at radius 2 is 1.97 bits per heavy atom. The zero-order valence-electron chi connectivity index (χ0n) is 15.6. The quantitative estimate of drug-likeness (QED) is 0.550. The number of aromatic nitrogens is 2. The predicted octanol–water partition coefficient (Wildman–Crippen LogP) is 3.45. The first kappa shape index (κ1) is 22.1. The summed E-state index contributed by atoms with van der Waals surface area (Å²) >= 11 is 1.08. The number of benzene rings is 2. The first-order valence-corrected chi connectivity index (χ1v) is 11.1. The van der Waals surface area contributed by atoms with Crippen molar-refractivity contribution in [3.05, 3.63) is 48.0 Å². The second-order valence-electron chi connectivity index (χ2n) is 6.25. The lowest BCUT2D eigenvalue weighted by Gasteiger charge is -2.10. The number of carbonyl (C=O) groups is 1. The van der Waals surface area contributed by atoms with Crippen LogP contribution in [0, 0.1) is 0 Å². The Balaban J connectivity index is 1.76. The molecule has 2 aromatic carbocycles. The van der Waals surface area contributed by atoms with Crippen LogP contribution >= 0.6 is 11.8 Å². The fraction of sp³-hybridized carbons (Fsp3) is 0.222. The third-order valence-corrected chi connectivity index (χ3v) is 6.02. The van der Waals surface area contributed by atoms with E-state index in [2.05, 4.69) is 10.3 Å². The topological polar surface area (TPSA) is 107 Å². The Bertz CT molecular complexity index is 1210. The standard InChI is InChI=1S/C18H17F3N4O3S2/c1-2-25-15-7-6-13(30(22,27)28)9-14(15)24-17(25)29-10-16(26)23-12-5-3-4-11(8-12)18(19,20)21/h3-9H,2,10H2,1H3,(H,23,26)(H2,22,27,28). The molecule has 160 valence electrons. The van der Waals surface area contributed by atoms with E-state index in [-0.39, 0.29) is 16.3 Å². The highest BCUT2D eigenvalue weighted by Crippen LogP contribution is 2.31. The summed E-state index contributed by atoms with van der Waals surface area (Å²) in [6, 6.07) is 8.67. The highest BCUT2D eigenvalue weighted by molar-refractivity contribution is 7.99. The minimum atomic E-state index is -4.50. The molecule has 12 heteroatoms. The number of primary sulfonamides is 1. The molecule has 0 radical (unpaired) electrons. The summed E-state index contributed by atoms with van der Waals surface area (Å²) in [6.07, 6.45) is -4.50. The molecule has 30 heavy (non-hydrogen) atoms. The fourth-order valence-electron chi connectivity index (χ4n) is 2.78. The smallest absolute Gasteiger partial charge is 0.325 e. The van der Waals surface area contributed by atoms with Crippen LogP contribution in [0.4, 0.5) is 18.9 Å². The van der Waals surface area contributed by atoms with Crippen LogP contribution in [0.1, 0.15) is 12.5 Å². The average molecular weight is 458 g/mol. The molecule has 1 amide bonds. The maximum Gasteiger partial charge on any atom is 0.416 e. The lowest BCUT2D eigenvalue weighted by atomic mass is 10.2. The van der Waals surface area contributed by atoms with Crippen LogP contribution in [-0.4, -0.2) is 29.6 Å². The molecule has 1 heterocycles. The van der Waals surface area contributed by atoms with Gasteiger partial charge < -0.3 is 9.88 Å². The van der Waals surface area contributed by atoms with Crippen LogP contribution in [-0.2, 0) is 27.5 Å². The lowest BCUT2D eigenvalue weighted by Crippen LogP contribution is -2.15. The van der Waals surface area contributed by atoms with Gasteiger partial charge in [0.2, 0.25) is 15.9 Å². The second-order valence-corrected chi connectivity index (χ2v) is 8.75. The highest BCUT2D eigenvalue weighted by atomic mass is 32.2. The molecule has 0 saturated carbocycles. The summed E-state index contributed by atoms with van der Waals surface area (Å²) in [5.74, 6) is -0.596. The summed E-state index contributed by atoms with van der Waals surface area (Å²) in [5, 5.41) is 8.05. The summed E-state index contributed by atoms with van der Waals surface area (Å²) < 4.78 is 63.2. The lowest BCUT2D eigenvalue weighted by molar-refractivity contribution is -0.137. The number of halogens is 3. The summed E-state index contributed by atoms with van der Waals surface area (Å²) in [5.41, 5.74) is 0.262. The van der Waals surface area contributed by atoms with Crippen molar-refractivity contribution in [1.82, 2.24) is 9.55 Å². The number of rotatable bonds is 6. The van der Waals surface area contributed by atoms with Gasteiger partial charge in [-0.3, -0.25) is 4.79 Å². The van der Waals surface area contributed by atoms with Gasteiger partial charge in [0, 0.05) is 12.2 Å². The molecule has 0 aliphatic rings. The number of nitrogens with two attached hydrogens (primary N) is 1. The molecule has 0 spiro atoms. The zero-order valence-corrected chi connectivity index (χ0v) is 17.2. The zero-order chi connectivity index (χ0) is 22.1. The van der Waals surface area contributed by atoms with Crippen LogP contribution in [0.15, 0.2) is 52.5 Å². The van der Waals surface area contributed by atoms with E-state index in [1.807, 2.05) is 6.92 Å². The Labute approximate surface area is 174 Å². The van der Waals surface area contributed by atoms with Gasteiger partial charge in [-0.2, -0.15) is 13.2 Å². The van der Waals surface area contributed by atoms with Gasteiger partial charge >= 0.3 is 6.18 Å². The first-order chi connectivity index (χ1) is 14.0. The monoisotopic (exact) mass is 458 g/mol. The summed E-state index contributed by atoms with van der Waals surface area (Å²) in [6.45, 7) is 2.38. The SMILES string of the molecule is CCn1c(SCC(=O)Nc2cccc(C(F)(F)F)c2)nc2cc(S(N)(=O)=O)ccc21. The average Bonchev–Trinajstić information content (AvgIpc) is 3.02. The number of fused-ring (bicyclic) bond motifs is 1. The van der Waals surface area contributed by atoms with Crippen molar-refractivity contribution in [3.8, 4) is 0 Å². The Kier molecular flexibility index (Phi) is 6.11. The van der Waals surface area contributed by atoms with E-state index in [1.54, 1.807) is 10.6 Å². The molecule has 3 N–H and O–H groups in total. The third-order valence-electron chi connectivity index (χ3n) is 4.14. The molecule has 0 fully saturated rings. The number of amides is 1. The second kappa shape index (κ2) is 8.28. The molecule has 3 rings (SSSR count). The number of nitrogens with one attached hydrogen (secondary N) is 1. The number of hydrogen-bond acceptors (Lipinski definition) is 5. The molecule has 0 aliphatic heterocycles. The number of carbonyl (C=O) groups excluding carboxylic acids is 1. The molecule has 1 aromatic heterocycles. The molecular formula is C18H17F3N4O3S2. The van der Waals surface area contributed by atoms with E-state index in [0.29, 0.717) is 22.7 Å². The van der Waals surface area contributed by atoms with Gasteiger partial charge in [0.05, 0.1) is 27.2 Å². The number of anilines is 1. The molecule has 0 unspecified atom stereocenters. The normalized spacial score (nSPS) is 12.3. The number of imidazole rings is 1. The van der Waals surface area contributed by atoms with Crippen LogP contribution < -0.4 is 10.5 Å². The third kappa shape index (κ3) is 4.94. The first-order valence-electron chi connectivity index (χ1n) is 8.62. The number of sulfonamides is 1. The minimum Gasteiger partial charge on any atom is -0.325 e. The molecule has 0 bridgehead atoms. The van der Waals surface area contributed by atoms with Crippen LogP contribution in [0.25, 0.3) is 11.0 Å². The highest BCUT2D eigenvalue weighted by Gasteiger charge is 2.30. The number of hydrogen-bond donors (Lipinski definition) is 2. The minimum absolute atomic E-state index is 0.0391. The fourth-order valence-corrected chi connectivity index (χ4v) is 4.19. The van der Waals surface area contributed by atoms with Crippen LogP contribution in [0.5, 0.6) is 0 Å². The van der Waals surface area contributed by atoms with Crippen molar-refractivity contribution in [2.45, 2.75) is 29.7 Å². The maximum atomic E-state index is 12.8. The summed E-state index contributed by atoms with van der Waals surface area (Å²) in [4.78, 5) is 16.5. The molecule has 0 saturated heterocycles. The van der Waals surface area contributed by atoms with Crippen LogP contribution in [0.3, 0.4) is 0 Å². The Morgan fingerprint density at radius 3 is 2.60 bits per heavy atom. The van der Waals surface area contributed by atoms with E-state index < -0.39 is 27.7 Å². The largest absolute Gasteiger partial charge is 0.416 e. The van der Waals surface area contributed by atoms with Gasteiger partial charge in [-0.05, 0) is 43.3 Å². The van der Waals surface area contributed by atoms with Gasteiger partial charge in [-0.25, -0.2) is 18.5 Å². The van der Waals surface area contributed by atoms with Gasteiger partial charge in [0.25, 0.3) is 0 Å². The van der Waals surface area contributed by atoms with E-state index in [9.17, 15) is 26.4 Å². The van der Waals surface area contributed by atoms with E-state index in [1.165, 1.54) is 24.3 Å². The molecule has 7 nitrogen and oxygen atoms in total. The number of alkyl halides is 3. The van der Waals surface area contributed by atoms with Gasteiger partial charge in [-0.1, -0.05) is 17.8 Å². The van der Waals surface area contributed by atoms with Crippen molar-refractivity contribution in [3.63, 3.8) is 0 Å². The maximum absolute atomic E-state index is 12.8. The van der Waals surface area contributed by atoms with Crippen molar-refractivity contribution >= 4 is 44.4 Å². The molecule has 3 aromatic rings. The van der Waals surface area contributed by atoms with Crippen molar-refractivity contribution in [2.75, 3.05) is 11.1 Å². The van der Waals surface area contributed by atoms with Crippen molar-refractivity contribution in [2.24, 2.45) is 5.14 Å². The van der Waals surface area contributed by atoms with Crippen LogP contribution in [0.2, 0.25) is 0 Å². The number of aryl methyl sites for hydroxylation is 1. The van der Waals surface area contributed by atoms with Gasteiger partial charge in [0.15, 0.2) is 5.16 Å². The Hall–Kier alpha value is -2.57. The molecule has 0 atom stereocenters. The van der Waals surface area contributed by atoms with E-state index in [0.717, 1.165) is 23.9 Å². The number of nitrogens with zero attached hydrogens (tertiary/aromatic N) is 2. The Morgan fingerprint density at radius 1 is 1.23 bits per heavy atom. The predicted molar refractivity (Wildman–Crippen MR) is 108 cm³/mol. The van der Waals surface area contributed by atoms with E-state index in [4.69, 9.17) is 5.14 Å². The van der Waals surface area contributed by atoms with Crippen molar-refractivity contribution < 1.29 is 26.4 Å².